The predicted octanol–water partition coefficient (Wildman–Crippen LogP) is 1.82. The highest BCUT2D eigenvalue weighted by atomic mass is 32.1. The second-order valence-electron chi connectivity index (χ2n) is 6.70. The van der Waals surface area contributed by atoms with Crippen molar-refractivity contribution >= 4 is 38.3 Å². The van der Waals surface area contributed by atoms with Gasteiger partial charge in [-0.05, 0) is 6.08 Å². The summed E-state index contributed by atoms with van der Waals surface area (Å²) >= 11 is 1.55. The van der Waals surface area contributed by atoms with Crippen LogP contribution in [0.25, 0.3) is 21.3 Å². The molecule has 5 heterocycles. The molecule has 28 heavy (non-hydrogen) atoms. The first-order chi connectivity index (χ1) is 13.5. The van der Waals surface area contributed by atoms with Crippen LogP contribution in [0.15, 0.2) is 34.3 Å². The van der Waals surface area contributed by atoms with Gasteiger partial charge in [-0.15, -0.1) is 11.3 Å². The molecular formula is C18H16FN7OS. The summed E-state index contributed by atoms with van der Waals surface area (Å²) in [5.74, 6) is -0.459. The van der Waals surface area contributed by atoms with E-state index in [-0.39, 0.29) is 17.8 Å². The number of thiazole rings is 1. The fourth-order valence-electron chi connectivity index (χ4n) is 3.46. The van der Waals surface area contributed by atoms with E-state index in [0.717, 1.165) is 33.0 Å². The number of halogens is 1. The number of nitrogens with zero attached hydrogens (tertiary/aromatic N) is 7. The van der Waals surface area contributed by atoms with Crippen LogP contribution < -0.4 is 5.56 Å². The van der Waals surface area contributed by atoms with Crippen LogP contribution in [0.5, 0.6) is 0 Å². The first kappa shape index (κ1) is 17.0. The van der Waals surface area contributed by atoms with Crippen molar-refractivity contribution in [2.45, 2.75) is 13.0 Å². The van der Waals surface area contributed by atoms with Gasteiger partial charge in [0.05, 0.1) is 30.2 Å². The topological polar surface area (TPSA) is 82.9 Å². The monoisotopic (exact) mass is 397 g/mol. The molecular weight excluding hydrogens is 381 g/mol. The van der Waals surface area contributed by atoms with Gasteiger partial charge in [-0.25, -0.2) is 14.1 Å². The summed E-state index contributed by atoms with van der Waals surface area (Å²) in [6.45, 7) is 0.703. The molecule has 0 aliphatic carbocycles. The molecule has 0 bridgehead atoms. The van der Waals surface area contributed by atoms with Gasteiger partial charge in [-0.3, -0.25) is 14.5 Å². The average molecular weight is 397 g/mol. The average Bonchev–Trinajstić information content (AvgIpc) is 3.40. The van der Waals surface area contributed by atoms with Crippen molar-refractivity contribution in [3.8, 4) is 0 Å². The highest BCUT2D eigenvalue weighted by molar-refractivity contribution is 7.19. The summed E-state index contributed by atoms with van der Waals surface area (Å²) in [6, 6.07) is 0. The lowest BCUT2D eigenvalue weighted by Crippen LogP contribution is -2.25. The lowest BCUT2D eigenvalue weighted by atomic mass is 10.3. The fraction of sp³-hybridized carbons (Fsp3) is 0.278. The summed E-state index contributed by atoms with van der Waals surface area (Å²) in [5, 5.41) is 10.0. The molecule has 0 saturated carbocycles. The van der Waals surface area contributed by atoms with Crippen LogP contribution in [-0.2, 0) is 27.1 Å². The fourth-order valence-corrected chi connectivity index (χ4v) is 4.58. The summed E-state index contributed by atoms with van der Waals surface area (Å²) < 4.78 is 19.2. The van der Waals surface area contributed by atoms with E-state index in [1.807, 2.05) is 19.2 Å². The maximum Gasteiger partial charge on any atom is 0.291 e. The summed E-state index contributed by atoms with van der Waals surface area (Å²) in [6.07, 6.45) is 7.64. The van der Waals surface area contributed by atoms with Crippen LogP contribution in [0.4, 0.5) is 4.39 Å². The zero-order valence-electron chi connectivity index (χ0n) is 15.3. The van der Waals surface area contributed by atoms with E-state index >= 15 is 0 Å². The predicted molar refractivity (Wildman–Crippen MR) is 106 cm³/mol. The third kappa shape index (κ3) is 2.60. The van der Waals surface area contributed by atoms with E-state index < -0.39 is 5.82 Å². The van der Waals surface area contributed by atoms with E-state index in [2.05, 4.69) is 15.2 Å². The van der Waals surface area contributed by atoms with Gasteiger partial charge < -0.3 is 4.57 Å². The van der Waals surface area contributed by atoms with Crippen molar-refractivity contribution < 1.29 is 4.39 Å². The minimum atomic E-state index is -0.459. The second-order valence-corrected chi connectivity index (χ2v) is 7.78. The highest BCUT2D eigenvalue weighted by Crippen LogP contribution is 2.31. The molecule has 0 atom stereocenters. The summed E-state index contributed by atoms with van der Waals surface area (Å²) in [5.41, 5.74) is 2.15. The molecule has 142 valence electrons. The van der Waals surface area contributed by atoms with E-state index in [4.69, 9.17) is 4.98 Å². The first-order valence-corrected chi connectivity index (χ1v) is 9.54. The van der Waals surface area contributed by atoms with Crippen molar-refractivity contribution in [3.05, 3.63) is 51.4 Å². The van der Waals surface area contributed by atoms with Crippen LogP contribution in [0.3, 0.4) is 0 Å². The Kier molecular flexibility index (Phi) is 3.76. The van der Waals surface area contributed by atoms with Gasteiger partial charge in [0.25, 0.3) is 5.56 Å². The van der Waals surface area contributed by atoms with Gasteiger partial charge in [0.1, 0.15) is 16.2 Å². The Morgan fingerprint density at radius 1 is 1.32 bits per heavy atom. The van der Waals surface area contributed by atoms with E-state index in [9.17, 15) is 9.18 Å². The van der Waals surface area contributed by atoms with Gasteiger partial charge in [-0.2, -0.15) is 10.2 Å². The number of aromatic nitrogens is 6. The molecule has 5 rings (SSSR count). The number of fused-ring (bicyclic) bond motifs is 3. The van der Waals surface area contributed by atoms with E-state index in [1.54, 1.807) is 29.1 Å². The largest absolute Gasteiger partial charge is 0.323 e. The summed E-state index contributed by atoms with van der Waals surface area (Å²) in [4.78, 5) is 22.1. The quantitative estimate of drug-likeness (QED) is 0.526. The molecule has 8 nitrogen and oxygen atoms in total. The molecule has 4 aromatic rings. The molecule has 1 aliphatic rings. The maximum absolute atomic E-state index is 13.9. The Morgan fingerprint density at radius 2 is 2.18 bits per heavy atom. The van der Waals surface area contributed by atoms with Crippen molar-refractivity contribution in [2.75, 3.05) is 6.54 Å². The van der Waals surface area contributed by atoms with Crippen LogP contribution in [0.2, 0.25) is 0 Å². The van der Waals surface area contributed by atoms with Gasteiger partial charge in [0, 0.05) is 31.6 Å². The summed E-state index contributed by atoms with van der Waals surface area (Å²) in [7, 11) is 3.45. The van der Waals surface area contributed by atoms with Crippen LogP contribution in [0.1, 0.15) is 10.7 Å². The molecule has 0 fully saturated rings. The first-order valence-electron chi connectivity index (χ1n) is 8.73. The smallest absolute Gasteiger partial charge is 0.291 e. The van der Waals surface area contributed by atoms with Gasteiger partial charge >= 0.3 is 0 Å². The van der Waals surface area contributed by atoms with Crippen molar-refractivity contribution in [3.63, 3.8) is 0 Å². The molecule has 0 amide bonds. The Balaban J connectivity index is 1.58. The molecule has 0 radical (unpaired) electrons. The molecule has 4 aromatic heterocycles. The molecule has 10 heteroatoms. The third-order valence-corrected chi connectivity index (χ3v) is 5.84. The van der Waals surface area contributed by atoms with E-state index in [1.165, 1.54) is 15.6 Å². The lowest BCUT2D eigenvalue weighted by Gasteiger charge is -2.04. The zero-order valence-corrected chi connectivity index (χ0v) is 16.1. The number of allylic oxidation sites excluding steroid dienone is 1. The molecule has 0 saturated heterocycles. The normalized spacial score (nSPS) is 13.9. The standard InChI is InChI=1S/C18H16FN7OS/c1-24-8-12(19)13(23-24)9-26-18(27)15-11(7-21-26)16-17(25(15)2)22-14(28-16)6-10-4-3-5-20-10/h3-4,7-8H,5-6,9H2,1-2H3. The molecule has 0 N–H and O–H groups in total. The minimum absolute atomic E-state index is 0.0227. The Labute approximate surface area is 162 Å². The van der Waals surface area contributed by atoms with Gasteiger partial charge in [0.15, 0.2) is 11.5 Å². The van der Waals surface area contributed by atoms with Gasteiger partial charge in [0.2, 0.25) is 0 Å². The Bertz CT molecular complexity index is 1350. The molecule has 0 aromatic carbocycles. The SMILES string of the molecule is Cn1cc(F)c(Cn2ncc3c4sc(CC5=NCC=C5)nc4n(C)c3c2=O)n1. The number of rotatable bonds is 4. The highest BCUT2D eigenvalue weighted by Gasteiger charge is 2.19. The number of aryl methyl sites for hydroxylation is 2. The van der Waals surface area contributed by atoms with Crippen LogP contribution in [-0.4, -0.2) is 41.4 Å². The third-order valence-electron chi connectivity index (χ3n) is 4.77. The Hall–Kier alpha value is -3.14. The van der Waals surface area contributed by atoms with Crippen LogP contribution in [0, 0.1) is 5.82 Å². The van der Waals surface area contributed by atoms with Gasteiger partial charge in [-0.1, -0.05) is 6.08 Å². The molecule has 0 unspecified atom stereocenters. The minimum Gasteiger partial charge on any atom is -0.323 e. The van der Waals surface area contributed by atoms with Crippen molar-refractivity contribution in [1.29, 1.82) is 0 Å². The van der Waals surface area contributed by atoms with E-state index in [0.29, 0.717) is 11.9 Å². The molecule has 1 aliphatic heterocycles. The van der Waals surface area contributed by atoms with Crippen molar-refractivity contribution in [2.24, 2.45) is 19.1 Å². The number of hydrogen-bond acceptors (Lipinski definition) is 6. The van der Waals surface area contributed by atoms with Crippen LogP contribution >= 0.6 is 11.3 Å². The lowest BCUT2D eigenvalue weighted by molar-refractivity contribution is 0.569. The maximum atomic E-state index is 13.9. The number of hydrogen-bond donors (Lipinski definition) is 0. The molecule has 0 spiro atoms. The zero-order chi connectivity index (χ0) is 19.4. The Morgan fingerprint density at radius 3 is 2.89 bits per heavy atom. The van der Waals surface area contributed by atoms with Crippen molar-refractivity contribution in [1.82, 2.24) is 29.1 Å². The number of aliphatic imine (C=N–C) groups is 1. The second kappa shape index (κ2) is 6.20.